The third-order valence-electron chi connectivity index (χ3n) is 2.23. The smallest absolute Gasteiger partial charge is 0.224 e. The average molecular weight is 240 g/mol. The van der Waals surface area contributed by atoms with Gasteiger partial charge in [0.2, 0.25) is 5.91 Å². The van der Waals surface area contributed by atoms with Gasteiger partial charge in [-0.15, -0.1) is 0 Å². The van der Waals surface area contributed by atoms with E-state index >= 15 is 0 Å². The molecule has 1 rings (SSSR count). The summed E-state index contributed by atoms with van der Waals surface area (Å²) in [6, 6.07) is 1.83. The summed E-state index contributed by atoms with van der Waals surface area (Å²) in [5.41, 5.74) is 5.37. The summed E-state index contributed by atoms with van der Waals surface area (Å²) in [6.45, 7) is 1.18. The SMILES string of the molecule is CN(CCC(N)=S)C(=O)CCn1cccn1. The molecule has 0 aromatic carbocycles. The van der Waals surface area contributed by atoms with Crippen molar-refractivity contribution in [1.82, 2.24) is 14.7 Å². The molecule has 6 heteroatoms. The van der Waals surface area contributed by atoms with Crippen LogP contribution in [0.4, 0.5) is 0 Å². The summed E-state index contributed by atoms with van der Waals surface area (Å²) in [5.74, 6) is 0.0757. The van der Waals surface area contributed by atoms with E-state index in [0.717, 1.165) is 0 Å². The van der Waals surface area contributed by atoms with Crippen molar-refractivity contribution in [2.75, 3.05) is 13.6 Å². The van der Waals surface area contributed by atoms with Crippen molar-refractivity contribution in [2.24, 2.45) is 5.73 Å². The highest BCUT2D eigenvalue weighted by molar-refractivity contribution is 7.80. The van der Waals surface area contributed by atoms with E-state index in [1.54, 1.807) is 22.8 Å². The lowest BCUT2D eigenvalue weighted by molar-refractivity contribution is -0.130. The highest BCUT2D eigenvalue weighted by Gasteiger charge is 2.08. The maximum atomic E-state index is 11.7. The van der Waals surface area contributed by atoms with E-state index in [-0.39, 0.29) is 5.91 Å². The third-order valence-corrected chi connectivity index (χ3v) is 2.44. The molecule has 2 N–H and O–H groups in total. The van der Waals surface area contributed by atoms with Gasteiger partial charge in [0.15, 0.2) is 0 Å². The Hall–Kier alpha value is -1.43. The summed E-state index contributed by atoms with van der Waals surface area (Å²) < 4.78 is 1.74. The molecule has 0 spiro atoms. The third kappa shape index (κ3) is 4.39. The number of aryl methyl sites for hydroxylation is 1. The summed E-state index contributed by atoms with van der Waals surface area (Å²) in [4.78, 5) is 13.7. The van der Waals surface area contributed by atoms with Crippen molar-refractivity contribution >= 4 is 23.1 Å². The molecule has 5 nitrogen and oxygen atoms in total. The van der Waals surface area contributed by atoms with Crippen LogP contribution in [0.2, 0.25) is 0 Å². The lowest BCUT2D eigenvalue weighted by Gasteiger charge is -2.16. The zero-order chi connectivity index (χ0) is 12.0. The first-order chi connectivity index (χ1) is 7.59. The van der Waals surface area contributed by atoms with Gasteiger partial charge < -0.3 is 10.6 Å². The molecular formula is C10H16N4OS. The van der Waals surface area contributed by atoms with Crippen molar-refractivity contribution < 1.29 is 4.79 Å². The van der Waals surface area contributed by atoms with Crippen LogP contribution in [0.25, 0.3) is 0 Å². The van der Waals surface area contributed by atoms with E-state index < -0.39 is 0 Å². The topological polar surface area (TPSA) is 64.2 Å². The number of carbonyl (C=O) groups is 1. The maximum Gasteiger partial charge on any atom is 0.224 e. The molecule has 0 atom stereocenters. The molecule has 1 aromatic rings. The van der Waals surface area contributed by atoms with Gasteiger partial charge in [-0.1, -0.05) is 12.2 Å². The van der Waals surface area contributed by atoms with Crippen LogP contribution in [0.5, 0.6) is 0 Å². The van der Waals surface area contributed by atoms with Gasteiger partial charge in [0.25, 0.3) is 0 Å². The van der Waals surface area contributed by atoms with Crippen LogP contribution in [0.15, 0.2) is 18.5 Å². The van der Waals surface area contributed by atoms with E-state index in [4.69, 9.17) is 18.0 Å². The fourth-order valence-electron chi connectivity index (χ4n) is 1.24. The zero-order valence-corrected chi connectivity index (χ0v) is 10.1. The second-order valence-corrected chi connectivity index (χ2v) is 4.08. The minimum atomic E-state index is 0.0757. The molecule has 1 amide bonds. The molecule has 0 aliphatic heterocycles. The normalized spacial score (nSPS) is 10.1. The Morgan fingerprint density at radius 3 is 2.88 bits per heavy atom. The molecule has 0 radical (unpaired) electrons. The van der Waals surface area contributed by atoms with Gasteiger partial charge >= 0.3 is 0 Å². The minimum Gasteiger partial charge on any atom is -0.393 e. The molecule has 0 unspecified atom stereocenters. The minimum absolute atomic E-state index is 0.0757. The van der Waals surface area contributed by atoms with Crippen LogP contribution >= 0.6 is 12.2 Å². The summed E-state index contributed by atoms with van der Waals surface area (Å²) in [7, 11) is 1.75. The molecule has 0 aliphatic rings. The Bertz CT molecular complexity index is 350. The Balaban J connectivity index is 2.26. The first kappa shape index (κ1) is 12.6. The van der Waals surface area contributed by atoms with Gasteiger partial charge in [0.1, 0.15) is 0 Å². The van der Waals surface area contributed by atoms with Crippen LogP contribution in [0, 0.1) is 0 Å². The van der Waals surface area contributed by atoms with E-state index in [0.29, 0.717) is 30.9 Å². The van der Waals surface area contributed by atoms with Crippen LogP contribution in [0.3, 0.4) is 0 Å². The molecule has 88 valence electrons. The second-order valence-electron chi connectivity index (χ2n) is 3.55. The largest absolute Gasteiger partial charge is 0.393 e. The molecule has 16 heavy (non-hydrogen) atoms. The fraction of sp³-hybridized carbons (Fsp3) is 0.500. The number of nitrogens with zero attached hydrogens (tertiary/aromatic N) is 3. The van der Waals surface area contributed by atoms with E-state index in [9.17, 15) is 4.79 Å². The molecule has 0 saturated carbocycles. The van der Waals surface area contributed by atoms with Gasteiger partial charge in [0.05, 0.1) is 4.99 Å². The zero-order valence-electron chi connectivity index (χ0n) is 9.30. The number of hydrogen-bond donors (Lipinski definition) is 1. The van der Waals surface area contributed by atoms with Crippen molar-refractivity contribution in [3.63, 3.8) is 0 Å². The predicted octanol–water partition coefficient (Wildman–Crippen LogP) is 0.408. The van der Waals surface area contributed by atoms with Gasteiger partial charge in [-0.05, 0) is 6.07 Å². The van der Waals surface area contributed by atoms with Gasteiger partial charge in [-0.3, -0.25) is 9.48 Å². The van der Waals surface area contributed by atoms with E-state index in [1.165, 1.54) is 0 Å². The van der Waals surface area contributed by atoms with Gasteiger partial charge in [0, 0.05) is 45.4 Å². The monoisotopic (exact) mass is 240 g/mol. The van der Waals surface area contributed by atoms with Crippen molar-refractivity contribution in [3.8, 4) is 0 Å². The fourth-order valence-corrected chi connectivity index (χ4v) is 1.33. The number of carbonyl (C=O) groups excluding carboxylic acids is 1. The number of aromatic nitrogens is 2. The van der Waals surface area contributed by atoms with Gasteiger partial charge in [-0.2, -0.15) is 5.10 Å². The number of nitrogens with two attached hydrogens (primary N) is 1. The average Bonchev–Trinajstić information content (AvgIpc) is 2.75. The molecule has 0 saturated heterocycles. The summed E-state index contributed by atoms with van der Waals surface area (Å²) in [6.07, 6.45) is 4.54. The Morgan fingerprint density at radius 2 is 2.31 bits per heavy atom. The Labute approximate surface area is 100 Å². The second kappa shape index (κ2) is 6.22. The highest BCUT2D eigenvalue weighted by Crippen LogP contribution is 1.96. The van der Waals surface area contributed by atoms with Crippen LogP contribution in [0.1, 0.15) is 12.8 Å². The molecule has 1 aromatic heterocycles. The predicted molar refractivity (Wildman–Crippen MR) is 65.9 cm³/mol. The maximum absolute atomic E-state index is 11.7. The summed E-state index contributed by atoms with van der Waals surface area (Å²) >= 11 is 4.76. The molecule has 0 bridgehead atoms. The van der Waals surface area contributed by atoms with Crippen molar-refractivity contribution in [2.45, 2.75) is 19.4 Å². The van der Waals surface area contributed by atoms with Crippen molar-refractivity contribution in [1.29, 1.82) is 0 Å². The van der Waals surface area contributed by atoms with Gasteiger partial charge in [-0.25, -0.2) is 0 Å². The first-order valence-electron chi connectivity index (χ1n) is 5.09. The number of hydrogen-bond acceptors (Lipinski definition) is 3. The number of amides is 1. The first-order valence-corrected chi connectivity index (χ1v) is 5.50. The lowest BCUT2D eigenvalue weighted by atomic mass is 10.3. The highest BCUT2D eigenvalue weighted by atomic mass is 32.1. The Kier molecular flexibility index (Phi) is 4.91. The molecule has 0 aliphatic carbocycles. The standard InChI is InChI=1S/C10H16N4OS/c1-13(7-3-9(11)16)10(15)4-8-14-6-2-5-12-14/h2,5-6H,3-4,7-8H2,1H3,(H2,11,16). The van der Waals surface area contributed by atoms with E-state index in [2.05, 4.69) is 5.10 Å². The van der Waals surface area contributed by atoms with Crippen molar-refractivity contribution in [3.05, 3.63) is 18.5 Å². The van der Waals surface area contributed by atoms with Crippen LogP contribution in [-0.4, -0.2) is 39.2 Å². The Morgan fingerprint density at radius 1 is 1.56 bits per heavy atom. The quantitative estimate of drug-likeness (QED) is 0.731. The molecule has 1 heterocycles. The number of rotatable bonds is 6. The van der Waals surface area contributed by atoms with Crippen LogP contribution in [-0.2, 0) is 11.3 Å². The van der Waals surface area contributed by atoms with E-state index in [1.807, 2.05) is 12.3 Å². The van der Waals surface area contributed by atoms with Crippen LogP contribution < -0.4 is 5.73 Å². The lowest BCUT2D eigenvalue weighted by Crippen LogP contribution is -2.30. The molecular weight excluding hydrogens is 224 g/mol. The molecule has 0 fully saturated rings. The summed E-state index contributed by atoms with van der Waals surface area (Å²) in [5, 5.41) is 4.03. The number of thiocarbonyl (C=S) groups is 1.